The lowest BCUT2D eigenvalue weighted by atomic mass is 10.2. The number of hydrogen-bond donors (Lipinski definition) is 7. The van der Waals surface area contributed by atoms with Gasteiger partial charge in [-0.25, -0.2) is 4.79 Å². The van der Waals surface area contributed by atoms with Crippen LogP contribution in [0.2, 0.25) is 0 Å². The molecule has 11 nitrogen and oxygen atoms in total. The van der Waals surface area contributed by atoms with Gasteiger partial charge in [0, 0.05) is 12.6 Å². The van der Waals surface area contributed by atoms with Crippen LogP contribution in [0, 0.1) is 0 Å². The van der Waals surface area contributed by atoms with Gasteiger partial charge in [-0.2, -0.15) is 0 Å². The molecular formula is C21H24N3O8+. The summed E-state index contributed by atoms with van der Waals surface area (Å²) in [6.07, 6.45) is 3.09. The Morgan fingerprint density at radius 1 is 1.00 bits per heavy atom. The van der Waals surface area contributed by atoms with E-state index in [0.29, 0.717) is 11.3 Å². The number of benzene rings is 2. The van der Waals surface area contributed by atoms with E-state index in [1.165, 1.54) is 36.4 Å². The van der Waals surface area contributed by atoms with Crippen molar-refractivity contribution in [3.63, 3.8) is 0 Å². The van der Waals surface area contributed by atoms with E-state index in [1.807, 2.05) is 0 Å². The van der Waals surface area contributed by atoms with E-state index in [-0.39, 0.29) is 34.9 Å². The van der Waals surface area contributed by atoms with Crippen LogP contribution < -0.4 is 11.1 Å². The molecule has 170 valence electrons. The van der Waals surface area contributed by atoms with Crippen molar-refractivity contribution < 1.29 is 44.8 Å². The van der Waals surface area contributed by atoms with Crippen LogP contribution in [0.3, 0.4) is 0 Å². The number of amides is 3. The molecule has 0 fully saturated rings. The van der Waals surface area contributed by atoms with E-state index in [4.69, 9.17) is 31.4 Å². The fourth-order valence-corrected chi connectivity index (χ4v) is 2.18. The molecule has 3 rings (SSSR count). The van der Waals surface area contributed by atoms with Gasteiger partial charge in [-0.05, 0) is 31.2 Å². The van der Waals surface area contributed by atoms with Gasteiger partial charge < -0.3 is 31.5 Å². The van der Waals surface area contributed by atoms with E-state index in [1.54, 1.807) is 25.1 Å². The largest absolute Gasteiger partial charge is 0.504 e. The quantitative estimate of drug-likeness (QED) is 0.155. The zero-order chi connectivity index (χ0) is 24.3. The van der Waals surface area contributed by atoms with Crippen LogP contribution in [0.1, 0.15) is 23.7 Å². The monoisotopic (exact) mass is 446 g/mol. The molecule has 0 aliphatic carbocycles. The summed E-state index contributed by atoms with van der Waals surface area (Å²) in [4.78, 5) is 32.7. The normalized spacial score (nSPS) is 12.1. The van der Waals surface area contributed by atoms with Gasteiger partial charge in [0.1, 0.15) is 0 Å². The number of nitrogens with one attached hydrogen (secondary N) is 1. The number of carbonyl (C=O) groups is 3. The van der Waals surface area contributed by atoms with Crippen LogP contribution in [0.25, 0.3) is 0 Å². The van der Waals surface area contributed by atoms with Crippen molar-refractivity contribution in [2.24, 2.45) is 5.73 Å². The minimum absolute atomic E-state index is 0.0295. The maximum Gasteiger partial charge on any atom is 0.438 e. The van der Waals surface area contributed by atoms with E-state index in [9.17, 15) is 14.4 Å². The average Bonchev–Trinajstić information content (AvgIpc) is 2.75. The summed E-state index contributed by atoms with van der Waals surface area (Å²) in [6, 6.07) is 10.2. The first-order chi connectivity index (χ1) is 15.1. The number of para-hydroxylation sites is 3. The molecule has 0 aromatic heterocycles. The zero-order valence-electron chi connectivity index (χ0n) is 17.1. The van der Waals surface area contributed by atoms with Gasteiger partial charge in [0.15, 0.2) is 23.0 Å². The molecule has 2 aromatic carbocycles. The highest BCUT2D eigenvalue weighted by Crippen LogP contribution is 2.27. The number of hydroxylamine groups is 1. The number of primary amides is 1. The third kappa shape index (κ3) is 7.37. The molecule has 3 amide bonds. The van der Waals surface area contributed by atoms with E-state index in [0.717, 1.165) is 0 Å². The molecule has 11 heteroatoms. The third-order valence-electron chi connectivity index (χ3n) is 3.76. The fourth-order valence-electron chi connectivity index (χ4n) is 2.18. The van der Waals surface area contributed by atoms with Gasteiger partial charge in [-0.1, -0.05) is 24.3 Å². The van der Waals surface area contributed by atoms with Crippen LogP contribution in [0.5, 0.6) is 23.0 Å². The van der Waals surface area contributed by atoms with Crippen LogP contribution in [-0.2, 0) is 9.59 Å². The lowest BCUT2D eigenvalue weighted by Gasteiger charge is -2.01. The summed E-state index contributed by atoms with van der Waals surface area (Å²) >= 11 is 0. The third-order valence-corrected chi connectivity index (χ3v) is 3.76. The van der Waals surface area contributed by atoms with Crippen LogP contribution >= 0.6 is 0 Å². The second-order valence-electron chi connectivity index (χ2n) is 6.08. The Morgan fingerprint density at radius 3 is 2.03 bits per heavy atom. The van der Waals surface area contributed by atoms with Crippen molar-refractivity contribution in [1.82, 2.24) is 5.32 Å². The highest BCUT2D eigenvalue weighted by atomic mass is 16.5. The zero-order valence-corrected chi connectivity index (χ0v) is 17.1. The molecule has 0 radical (unpaired) electrons. The SMILES string of the molecule is CCNC(=O)C1=[N+](O)C(=O)CC=C1.NC(=O)c1cccc(O)c1O.Oc1ccccc1O. The Bertz CT molecular complexity index is 1030. The summed E-state index contributed by atoms with van der Waals surface area (Å²) in [5.41, 5.74) is 4.77. The summed E-state index contributed by atoms with van der Waals surface area (Å²) in [6.45, 7) is 2.22. The number of nitrogens with two attached hydrogens (primary N) is 1. The first-order valence-corrected chi connectivity index (χ1v) is 9.21. The first kappa shape index (κ1) is 25.5. The number of hydrogen-bond acceptors (Lipinski definition) is 8. The highest BCUT2D eigenvalue weighted by molar-refractivity contribution is 6.42. The predicted molar refractivity (Wildman–Crippen MR) is 113 cm³/mol. The molecule has 0 unspecified atom stereocenters. The van der Waals surface area contributed by atoms with Gasteiger partial charge in [0.25, 0.3) is 5.91 Å². The molecule has 0 saturated heterocycles. The maximum absolute atomic E-state index is 11.2. The lowest BCUT2D eigenvalue weighted by Crippen LogP contribution is -2.38. The summed E-state index contributed by atoms with van der Waals surface area (Å²) in [5.74, 6) is -2.68. The molecule has 0 spiro atoms. The first-order valence-electron chi connectivity index (χ1n) is 9.21. The molecule has 0 bridgehead atoms. The molecule has 1 heterocycles. The lowest BCUT2D eigenvalue weighted by molar-refractivity contribution is -0.704. The number of aromatic hydroxyl groups is 4. The molecule has 0 atom stereocenters. The van der Waals surface area contributed by atoms with E-state index in [2.05, 4.69) is 5.32 Å². The molecule has 1 aliphatic rings. The minimum atomic E-state index is -0.765. The summed E-state index contributed by atoms with van der Waals surface area (Å²) in [7, 11) is 0. The molecule has 1 aliphatic heterocycles. The van der Waals surface area contributed by atoms with Gasteiger partial charge in [0.05, 0.1) is 16.7 Å². The van der Waals surface area contributed by atoms with Gasteiger partial charge in [-0.3, -0.25) is 14.8 Å². The smallest absolute Gasteiger partial charge is 0.438 e. The molecule has 32 heavy (non-hydrogen) atoms. The topological polar surface area (TPSA) is 193 Å². The van der Waals surface area contributed by atoms with Crippen molar-refractivity contribution in [3.05, 3.63) is 60.2 Å². The fraction of sp³-hybridized carbons (Fsp3) is 0.143. The van der Waals surface area contributed by atoms with Crippen LogP contribution in [0.4, 0.5) is 0 Å². The molecule has 2 aromatic rings. The van der Waals surface area contributed by atoms with Crippen molar-refractivity contribution >= 4 is 23.4 Å². The van der Waals surface area contributed by atoms with Crippen molar-refractivity contribution in [2.45, 2.75) is 13.3 Å². The maximum atomic E-state index is 11.2. The van der Waals surface area contributed by atoms with Crippen molar-refractivity contribution in [3.8, 4) is 23.0 Å². The van der Waals surface area contributed by atoms with Crippen LogP contribution in [0.15, 0.2) is 54.6 Å². The van der Waals surface area contributed by atoms with Crippen molar-refractivity contribution in [2.75, 3.05) is 6.54 Å². The number of phenolic OH excluding ortho intramolecular Hbond substituents is 3. The van der Waals surface area contributed by atoms with Gasteiger partial charge >= 0.3 is 17.5 Å². The highest BCUT2D eigenvalue weighted by Gasteiger charge is 2.29. The second kappa shape index (κ2) is 12.2. The number of nitrogens with zero attached hydrogens (tertiary/aromatic N) is 1. The summed E-state index contributed by atoms with van der Waals surface area (Å²) < 4.78 is 0.380. The predicted octanol–water partition coefficient (Wildman–Crippen LogP) is 0.746. The Hall–Kier alpha value is -4.54. The standard InChI is InChI=1S/C8H10N2O3.C7H7NO3.C6H6O2/c1-2-9-8(12)6-4-3-5-7(11)10(6)13;8-7(11)4-2-1-3-5(9)6(4)10;7-5-3-1-2-4-6(5)8/h3-4H,2,5H2,1H3,(H-,9,12,13);1-3,9-10H,(H2,8,11);1-4,7-8H/p+1. The van der Waals surface area contributed by atoms with Crippen molar-refractivity contribution in [1.29, 1.82) is 0 Å². The van der Waals surface area contributed by atoms with Crippen LogP contribution in [-0.4, -0.2) is 60.4 Å². The minimum Gasteiger partial charge on any atom is -0.504 e. The van der Waals surface area contributed by atoms with E-state index < -0.39 is 23.5 Å². The Morgan fingerprint density at radius 2 is 1.56 bits per heavy atom. The number of rotatable bonds is 3. The Labute approximate surface area is 182 Å². The van der Waals surface area contributed by atoms with Gasteiger partial charge in [-0.15, -0.1) is 0 Å². The molecule has 8 N–H and O–H groups in total. The second-order valence-corrected chi connectivity index (χ2v) is 6.08. The van der Waals surface area contributed by atoms with E-state index >= 15 is 0 Å². The Balaban J connectivity index is 0.000000247. The number of phenols is 4. The molecular weight excluding hydrogens is 422 g/mol. The Kier molecular flexibility index (Phi) is 9.74. The molecule has 0 saturated carbocycles. The summed E-state index contributed by atoms with van der Waals surface area (Å²) in [5, 5.41) is 46.9. The van der Waals surface area contributed by atoms with Gasteiger partial charge in [0.2, 0.25) is 0 Å². The number of carbonyl (C=O) groups excluding carboxylic acids is 3. The average molecular weight is 446 g/mol.